The van der Waals surface area contributed by atoms with Crippen molar-refractivity contribution in [1.82, 2.24) is 35.3 Å². The first-order valence-electron chi connectivity index (χ1n) is 15.6. The van der Waals surface area contributed by atoms with Crippen molar-refractivity contribution >= 4 is 22.3 Å². The first kappa shape index (κ1) is 28.1. The fourth-order valence-corrected chi connectivity index (χ4v) is 9.63. The number of thiophene rings is 1. The van der Waals surface area contributed by atoms with Crippen LogP contribution in [0.5, 0.6) is 6.01 Å². The average molecular weight is 621 g/mol. The summed E-state index contributed by atoms with van der Waals surface area (Å²) in [5.74, 6) is 1.41. The highest BCUT2D eigenvalue weighted by Gasteiger charge is 2.50. The van der Waals surface area contributed by atoms with Gasteiger partial charge in [0.1, 0.15) is 23.8 Å². The molecule has 4 aliphatic heterocycles. The molecule has 3 aromatic heterocycles. The molecule has 232 valence electrons. The lowest BCUT2D eigenvalue weighted by Crippen LogP contribution is -2.58. The molecule has 0 saturated carbocycles. The van der Waals surface area contributed by atoms with Crippen LogP contribution in [0.25, 0.3) is 11.6 Å². The third kappa shape index (κ3) is 4.46. The number of nitriles is 1. The number of aryl methyl sites for hydroxylation is 1. The molecule has 2 bridgehead atoms. The number of rotatable bonds is 6. The highest BCUT2D eigenvalue weighted by molar-refractivity contribution is 7.16. The highest BCUT2D eigenvalue weighted by Crippen LogP contribution is 2.48. The van der Waals surface area contributed by atoms with E-state index in [9.17, 15) is 9.65 Å². The van der Waals surface area contributed by atoms with Crippen LogP contribution in [0.15, 0.2) is 4.52 Å². The van der Waals surface area contributed by atoms with E-state index >= 15 is 0 Å². The van der Waals surface area contributed by atoms with E-state index in [-0.39, 0.29) is 28.7 Å². The number of hydrogen-bond acceptors (Lipinski definition) is 13. The number of aromatic nitrogens is 5. The van der Waals surface area contributed by atoms with Crippen molar-refractivity contribution in [1.29, 1.82) is 5.26 Å². The molecule has 14 heteroatoms. The van der Waals surface area contributed by atoms with Crippen molar-refractivity contribution < 1.29 is 13.7 Å². The minimum Gasteiger partial charge on any atom is -0.461 e. The molecule has 3 N–H and O–H groups in total. The second-order valence-corrected chi connectivity index (χ2v) is 14.9. The van der Waals surface area contributed by atoms with Gasteiger partial charge in [-0.2, -0.15) is 25.2 Å². The summed E-state index contributed by atoms with van der Waals surface area (Å²) in [6.45, 7) is 7.44. The zero-order chi connectivity index (χ0) is 30.3. The summed E-state index contributed by atoms with van der Waals surface area (Å²) < 4.78 is 26.7. The summed E-state index contributed by atoms with van der Waals surface area (Å²) >= 11 is 1.47. The van der Waals surface area contributed by atoms with E-state index < -0.39 is 11.6 Å². The maximum Gasteiger partial charge on any atom is 0.321 e. The third-order valence-electron chi connectivity index (χ3n) is 10.5. The number of hydrogen-bond donors (Lipinski definition) is 2. The van der Waals surface area contributed by atoms with Crippen LogP contribution < -0.4 is 20.7 Å². The molecule has 8 rings (SSSR count). The minimum atomic E-state index is -0.847. The largest absolute Gasteiger partial charge is 0.461 e. The van der Waals surface area contributed by atoms with Gasteiger partial charge in [-0.3, -0.25) is 4.90 Å². The number of nitrogen functional groups attached to an aromatic ring is 1. The molecule has 0 spiro atoms. The van der Waals surface area contributed by atoms with Crippen LogP contribution in [0.2, 0.25) is 0 Å². The number of nitrogens with one attached hydrogen (secondary N) is 1. The minimum absolute atomic E-state index is 0.0204. The highest BCUT2D eigenvalue weighted by atomic mass is 32.1. The molecule has 4 saturated heterocycles. The molecule has 44 heavy (non-hydrogen) atoms. The van der Waals surface area contributed by atoms with Gasteiger partial charge in [-0.25, -0.2) is 4.39 Å². The molecule has 0 amide bonds. The fraction of sp³-hybridized carbons (Fsp3) is 0.667. The van der Waals surface area contributed by atoms with Crippen molar-refractivity contribution in [3.63, 3.8) is 0 Å². The SMILES string of the molecule is C[C@@]12CC[C@@H](CN(c3nc(OC[C@@]45CCCN4C[C@H](F)C5)nc(-c4noc([C@@]5(C)CCCc6sc(N)c(C#N)c65)n4)n3)C1)N2. The molecule has 5 atom stereocenters. The smallest absolute Gasteiger partial charge is 0.321 e. The monoisotopic (exact) mass is 620 g/mol. The zero-order valence-corrected chi connectivity index (χ0v) is 25.9. The van der Waals surface area contributed by atoms with Crippen molar-refractivity contribution in [3.8, 4) is 23.7 Å². The molecule has 5 aliphatic rings. The average Bonchev–Trinajstić information content (AvgIpc) is 3.80. The summed E-state index contributed by atoms with van der Waals surface area (Å²) in [7, 11) is 0. The van der Waals surface area contributed by atoms with Gasteiger partial charge in [0.25, 0.3) is 0 Å². The van der Waals surface area contributed by atoms with E-state index in [0.29, 0.717) is 48.0 Å². The van der Waals surface area contributed by atoms with E-state index in [2.05, 4.69) is 38.3 Å². The first-order chi connectivity index (χ1) is 21.2. The van der Waals surface area contributed by atoms with Gasteiger partial charge >= 0.3 is 6.01 Å². The molecular weight excluding hydrogens is 583 g/mol. The summed E-state index contributed by atoms with van der Waals surface area (Å²) in [5, 5.41) is 18.5. The van der Waals surface area contributed by atoms with Gasteiger partial charge < -0.3 is 25.2 Å². The summed E-state index contributed by atoms with van der Waals surface area (Å²) in [6, 6.07) is 2.83. The van der Waals surface area contributed by atoms with E-state index in [4.69, 9.17) is 29.9 Å². The van der Waals surface area contributed by atoms with Crippen molar-refractivity contribution in [3.05, 3.63) is 21.9 Å². The van der Waals surface area contributed by atoms with Crippen molar-refractivity contribution in [2.24, 2.45) is 0 Å². The zero-order valence-electron chi connectivity index (χ0n) is 25.1. The van der Waals surface area contributed by atoms with Crippen LogP contribution >= 0.6 is 11.3 Å². The van der Waals surface area contributed by atoms with Gasteiger partial charge in [-0.05, 0) is 65.3 Å². The number of ether oxygens (including phenoxy) is 1. The lowest BCUT2D eigenvalue weighted by Gasteiger charge is -2.39. The van der Waals surface area contributed by atoms with Crippen LogP contribution in [0.1, 0.15) is 80.7 Å². The second-order valence-electron chi connectivity index (χ2n) is 13.8. The number of nitrogens with two attached hydrogens (primary N) is 1. The molecule has 3 aromatic rings. The molecule has 4 fully saturated rings. The van der Waals surface area contributed by atoms with Gasteiger partial charge in [-0.15, -0.1) is 11.3 Å². The third-order valence-corrected chi connectivity index (χ3v) is 11.6. The fourth-order valence-electron chi connectivity index (χ4n) is 8.44. The summed E-state index contributed by atoms with van der Waals surface area (Å²) in [4.78, 5) is 24.6. The Morgan fingerprint density at radius 2 is 2.05 bits per heavy atom. The van der Waals surface area contributed by atoms with Gasteiger partial charge in [0.2, 0.25) is 23.5 Å². The Hall–Kier alpha value is -3.41. The Morgan fingerprint density at radius 3 is 2.89 bits per heavy atom. The Morgan fingerprint density at radius 1 is 1.16 bits per heavy atom. The summed E-state index contributed by atoms with van der Waals surface area (Å²) in [6.07, 6.45) is 6.26. The van der Waals surface area contributed by atoms with Crippen LogP contribution in [-0.4, -0.2) is 86.1 Å². The van der Waals surface area contributed by atoms with Crippen molar-refractivity contribution in [2.75, 3.05) is 43.4 Å². The number of piperazine rings is 1. The number of nitrogens with zero attached hydrogens (tertiary/aromatic N) is 8. The first-order valence-corrected chi connectivity index (χ1v) is 16.5. The Labute approximate surface area is 259 Å². The Bertz CT molecular complexity index is 1660. The van der Waals surface area contributed by atoms with E-state index in [1.807, 2.05) is 6.92 Å². The molecule has 0 unspecified atom stereocenters. The second kappa shape index (κ2) is 10.1. The van der Waals surface area contributed by atoms with E-state index in [1.54, 1.807) is 0 Å². The summed E-state index contributed by atoms with van der Waals surface area (Å²) in [5.41, 5.74) is 6.61. The standard InChI is InChI=1S/C30H37FN10O2S/c1-28-9-6-18(38-28)14-40(15-28)26-35-23(36-27(37-26)42-16-30-8-4-10-41(30)13-17(31)11-30)24-34-25(43-39-24)29(2)7-3-5-20-21(29)19(12-32)22(33)44-20/h17-18,38H,3-11,13-16,33H2,1-2H3/t17-,18+,28-,29+,30+/m1/s1. The Balaban J connectivity index is 1.15. The van der Waals surface area contributed by atoms with E-state index in [1.165, 1.54) is 11.3 Å². The van der Waals surface area contributed by atoms with Gasteiger partial charge in [-0.1, -0.05) is 5.16 Å². The Kier molecular flexibility index (Phi) is 6.42. The predicted molar refractivity (Wildman–Crippen MR) is 161 cm³/mol. The lowest BCUT2D eigenvalue weighted by molar-refractivity contribution is 0.107. The molecule has 0 radical (unpaired) electrons. The molecule has 12 nitrogen and oxygen atoms in total. The lowest BCUT2D eigenvalue weighted by atomic mass is 9.72. The topological polar surface area (TPSA) is 155 Å². The quantitative estimate of drug-likeness (QED) is 0.415. The maximum absolute atomic E-state index is 14.4. The van der Waals surface area contributed by atoms with Gasteiger partial charge in [0.05, 0.1) is 16.5 Å². The molecular formula is C30H37FN10O2S. The predicted octanol–water partition coefficient (Wildman–Crippen LogP) is 3.37. The van der Waals surface area contributed by atoms with Crippen molar-refractivity contribution in [2.45, 2.75) is 93.9 Å². The number of fused-ring (bicyclic) bond motifs is 4. The normalized spacial score (nSPS) is 32.9. The van der Waals surface area contributed by atoms with Crippen LogP contribution in [0.3, 0.4) is 0 Å². The van der Waals surface area contributed by atoms with Crippen LogP contribution in [0, 0.1) is 11.3 Å². The molecule has 7 heterocycles. The number of alkyl halides is 1. The number of halogens is 1. The van der Waals surface area contributed by atoms with Crippen LogP contribution in [-0.2, 0) is 11.8 Å². The van der Waals surface area contributed by atoms with E-state index in [0.717, 1.165) is 75.0 Å². The van der Waals surface area contributed by atoms with Crippen LogP contribution in [0.4, 0.5) is 15.3 Å². The molecule has 1 aliphatic carbocycles. The molecule has 0 aromatic carbocycles. The maximum atomic E-state index is 14.4. The van der Waals surface area contributed by atoms with Gasteiger partial charge in [0, 0.05) is 48.1 Å². The van der Waals surface area contributed by atoms with Gasteiger partial charge in [0.15, 0.2) is 0 Å². The number of anilines is 2.